The average Bonchev–Trinajstić information content (AvgIpc) is 2.90. The minimum atomic E-state index is -0.158. The molecule has 0 aliphatic carbocycles. The number of fused-ring (bicyclic) bond motifs is 1. The van der Waals surface area contributed by atoms with Crippen molar-refractivity contribution >= 4 is 5.65 Å². The van der Waals surface area contributed by atoms with Gasteiger partial charge in [-0.3, -0.25) is 9.20 Å². The Kier molecular flexibility index (Phi) is 4.35. The first-order valence-electron chi connectivity index (χ1n) is 6.95. The molecule has 0 bridgehead atoms. The molecule has 0 atom stereocenters. The smallest absolute Gasteiger partial charge is 0.291 e. The van der Waals surface area contributed by atoms with Crippen LogP contribution in [0.2, 0.25) is 0 Å². The van der Waals surface area contributed by atoms with Gasteiger partial charge in [-0.2, -0.15) is 0 Å². The lowest BCUT2D eigenvalue weighted by molar-refractivity contribution is 0.976. The van der Waals surface area contributed by atoms with Crippen molar-refractivity contribution in [1.82, 2.24) is 14.4 Å². The first-order valence-corrected chi connectivity index (χ1v) is 6.95. The van der Waals surface area contributed by atoms with Crippen LogP contribution in [0.3, 0.4) is 0 Å². The van der Waals surface area contributed by atoms with Crippen molar-refractivity contribution in [2.24, 2.45) is 0 Å². The zero-order chi connectivity index (χ0) is 14.5. The maximum Gasteiger partial charge on any atom is 0.291 e. The second-order valence-electron chi connectivity index (χ2n) is 4.11. The van der Waals surface area contributed by atoms with Crippen molar-refractivity contribution in [2.45, 2.75) is 27.2 Å². The fourth-order valence-electron chi connectivity index (χ4n) is 2.20. The van der Waals surface area contributed by atoms with E-state index in [-0.39, 0.29) is 5.56 Å². The summed E-state index contributed by atoms with van der Waals surface area (Å²) >= 11 is 0. The van der Waals surface area contributed by atoms with E-state index in [2.05, 4.69) is 16.9 Å². The highest BCUT2D eigenvalue weighted by Gasteiger charge is 2.13. The van der Waals surface area contributed by atoms with Gasteiger partial charge in [0.25, 0.3) is 5.56 Å². The Labute approximate surface area is 118 Å². The second kappa shape index (κ2) is 6.19. The average molecular weight is 269 g/mol. The highest BCUT2D eigenvalue weighted by Crippen LogP contribution is 2.23. The third-order valence-corrected chi connectivity index (χ3v) is 3.03. The van der Waals surface area contributed by atoms with E-state index < -0.39 is 0 Å². The van der Waals surface area contributed by atoms with Crippen LogP contribution in [0.15, 0.2) is 47.5 Å². The monoisotopic (exact) mass is 269 g/mol. The van der Waals surface area contributed by atoms with Crippen LogP contribution in [0.5, 0.6) is 0 Å². The highest BCUT2D eigenvalue weighted by atomic mass is 16.1. The molecule has 0 amide bonds. The summed E-state index contributed by atoms with van der Waals surface area (Å²) in [5, 5.41) is 0. The molecule has 4 nitrogen and oxygen atoms in total. The van der Waals surface area contributed by atoms with Crippen LogP contribution < -0.4 is 5.56 Å². The lowest BCUT2D eigenvalue weighted by Gasteiger charge is -2.01. The summed E-state index contributed by atoms with van der Waals surface area (Å²) in [4.78, 5) is 18.9. The Bertz CT molecular complexity index is 741. The standard InChI is InChI=1S/C14H13N3O.C2H6/c1-2-11-12(10-6-4-3-5-7-10)16-13-14(18)15-8-9-17(11)13;1-2/h3-9H,2H2,1H3,(H,15,18);1-2H3. The normalized spacial score (nSPS) is 10.2. The number of aromatic nitrogens is 3. The van der Waals surface area contributed by atoms with Gasteiger partial charge >= 0.3 is 0 Å². The molecule has 2 aromatic heterocycles. The third kappa shape index (κ3) is 2.37. The van der Waals surface area contributed by atoms with Crippen LogP contribution in [0.4, 0.5) is 0 Å². The molecule has 0 saturated heterocycles. The van der Waals surface area contributed by atoms with E-state index in [1.165, 1.54) is 0 Å². The van der Waals surface area contributed by atoms with E-state index in [4.69, 9.17) is 0 Å². The van der Waals surface area contributed by atoms with Gasteiger partial charge in [0.1, 0.15) is 0 Å². The molecular weight excluding hydrogens is 250 g/mol. The van der Waals surface area contributed by atoms with Crippen LogP contribution in [-0.2, 0) is 6.42 Å². The summed E-state index contributed by atoms with van der Waals surface area (Å²) in [5.74, 6) is 0. The number of hydrogen-bond acceptors (Lipinski definition) is 2. The van der Waals surface area contributed by atoms with E-state index in [9.17, 15) is 4.79 Å². The summed E-state index contributed by atoms with van der Waals surface area (Å²) in [7, 11) is 0. The van der Waals surface area contributed by atoms with E-state index in [0.29, 0.717) is 5.65 Å². The van der Waals surface area contributed by atoms with Gasteiger partial charge in [-0.1, -0.05) is 51.1 Å². The predicted octanol–water partition coefficient (Wildman–Crippen LogP) is 3.28. The molecule has 3 aromatic rings. The molecule has 0 saturated carbocycles. The number of H-pyrrole nitrogens is 1. The van der Waals surface area contributed by atoms with Crippen LogP contribution in [0.1, 0.15) is 26.5 Å². The molecule has 1 N–H and O–H groups in total. The zero-order valence-corrected chi connectivity index (χ0v) is 12.1. The van der Waals surface area contributed by atoms with Gasteiger partial charge in [-0.05, 0) is 6.42 Å². The number of aromatic amines is 1. The minimum Gasteiger partial charge on any atom is -0.324 e. The van der Waals surface area contributed by atoms with Crippen molar-refractivity contribution in [1.29, 1.82) is 0 Å². The quantitative estimate of drug-likeness (QED) is 0.776. The summed E-state index contributed by atoms with van der Waals surface area (Å²) in [6.45, 7) is 6.07. The Morgan fingerprint density at radius 3 is 2.55 bits per heavy atom. The SMILES string of the molecule is CC.CCc1c(-c2ccccc2)nc2c(=O)[nH]ccn12. The number of nitrogens with one attached hydrogen (secondary N) is 1. The molecule has 0 unspecified atom stereocenters. The molecule has 3 rings (SSSR count). The van der Waals surface area contributed by atoms with Gasteiger partial charge < -0.3 is 4.98 Å². The van der Waals surface area contributed by atoms with Crippen molar-refractivity contribution in [3.63, 3.8) is 0 Å². The molecule has 0 spiro atoms. The Morgan fingerprint density at radius 2 is 1.90 bits per heavy atom. The Hall–Kier alpha value is -2.36. The minimum absolute atomic E-state index is 0.158. The predicted molar refractivity (Wildman–Crippen MR) is 82.0 cm³/mol. The van der Waals surface area contributed by atoms with E-state index in [0.717, 1.165) is 23.4 Å². The van der Waals surface area contributed by atoms with E-state index in [1.54, 1.807) is 6.20 Å². The molecule has 0 fully saturated rings. The lowest BCUT2D eigenvalue weighted by atomic mass is 10.1. The summed E-state index contributed by atoms with van der Waals surface area (Å²) in [6, 6.07) is 9.94. The van der Waals surface area contributed by atoms with Gasteiger partial charge in [-0.25, -0.2) is 4.98 Å². The molecule has 0 radical (unpaired) electrons. The first-order chi connectivity index (χ1) is 9.81. The van der Waals surface area contributed by atoms with Crippen LogP contribution in [0.25, 0.3) is 16.9 Å². The van der Waals surface area contributed by atoms with Crippen molar-refractivity contribution in [2.75, 3.05) is 0 Å². The number of imidazole rings is 1. The Balaban J connectivity index is 0.000000704. The van der Waals surface area contributed by atoms with Crippen molar-refractivity contribution in [3.8, 4) is 11.3 Å². The van der Waals surface area contributed by atoms with Gasteiger partial charge in [0.05, 0.1) is 11.4 Å². The number of nitrogens with zero attached hydrogens (tertiary/aromatic N) is 2. The summed E-state index contributed by atoms with van der Waals surface area (Å²) in [5.41, 5.74) is 3.28. The molecule has 2 heterocycles. The van der Waals surface area contributed by atoms with Crippen molar-refractivity contribution < 1.29 is 0 Å². The van der Waals surface area contributed by atoms with E-state index >= 15 is 0 Å². The van der Waals surface area contributed by atoms with Gasteiger partial charge in [0.2, 0.25) is 5.65 Å². The van der Waals surface area contributed by atoms with E-state index in [1.807, 2.05) is 54.8 Å². The topological polar surface area (TPSA) is 50.2 Å². The van der Waals surface area contributed by atoms with Crippen LogP contribution >= 0.6 is 0 Å². The second-order valence-corrected chi connectivity index (χ2v) is 4.11. The number of hydrogen-bond donors (Lipinski definition) is 1. The maximum absolute atomic E-state index is 11.8. The van der Waals surface area contributed by atoms with Gasteiger partial charge in [0, 0.05) is 18.0 Å². The largest absolute Gasteiger partial charge is 0.324 e. The fourth-order valence-corrected chi connectivity index (χ4v) is 2.20. The summed E-state index contributed by atoms with van der Waals surface area (Å²) in [6.07, 6.45) is 4.31. The molecule has 0 aliphatic heterocycles. The molecular formula is C16H19N3O. The van der Waals surface area contributed by atoms with Crippen LogP contribution in [-0.4, -0.2) is 14.4 Å². The number of aryl methyl sites for hydroxylation is 1. The number of benzene rings is 1. The van der Waals surface area contributed by atoms with Gasteiger partial charge in [-0.15, -0.1) is 0 Å². The Morgan fingerprint density at radius 1 is 1.20 bits per heavy atom. The van der Waals surface area contributed by atoms with Gasteiger partial charge in [0.15, 0.2) is 0 Å². The number of rotatable bonds is 2. The third-order valence-electron chi connectivity index (χ3n) is 3.03. The maximum atomic E-state index is 11.8. The molecule has 104 valence electrons. The van der Waals surface area contributed by atoms with Crippen molar-refractivity contribution in [3.05, 3.63) is 58.8 Å². The van der Waals surface area contributed by atoms with Crippen LogP contribution in [0, 0.1) is 0 Å². The molecule has 1 aromatic carbocycles. The zero-order valence-electron chi connectivity index (χ0n) is 12.1. The fraction of sp³-hybridized carbons (Fsp3) is 0.250. The lowest BCUT2D eigenvalue weighted by Crippen LogP contribution is -2.09. The summed E-state index contributed by atoms with van der Waals surface area (Å²) < 4.78 is 1.86. The highest BCUT2D eigenvalue weighted by molar-refractivity contribution is 5.66. The molecule has 4 heteroatoms. The molecule has 0 aliphatic rings. The molecule has 20 heavy (non-hydrogen) atoms. The first kappa shape index (κ1) is 14.1.